The van der Waals surface area contributed by atoms with E-state index in [9.17, 15) is 4.79 Å². The third-order valence-electron chi connectivity index (χ3n) is 2.49. The first-order valence-electron chi connectivity index (χ1n) is 5.48. The van der Waals surface area contributed by atoms with E-state index in [2.05, 4.69) is 4.98 Å². The molecule has 1 aliphatic heterocycles. The summed E-state index contributed by atoms with van der Waals surface area (Å²) in [6.45, 7) is 0. The molecule has 19 heavy (non-hydrogen) atoms. The van der Waals surface area contributed by atoms with Crippen molar-refractivity contribution in [1.82, 2.24) is 4.98 Å². The van der Waals surface area contributed by atoms with Gasteiger partial charge in [0.2, 0.25) is 0 Å². The monoisotopic (exact) mass is 288 g/mol. The van der Waals surface area contributed by atoms with Gasteiger partial charge >= 0.3 is 0 Å². The number of furan rings is 1. The van der Waals surface area contributed by atoms with Crippen LogP contribution in [0.1, 0.15) is 5.76 Å². The summed E-state index contributed by atoms with van der Waals surface area (Å²) in [7, 11) is 0. The van der Waals surface area contributed by atoms with E-state index in [-0.39, 0.29) is 5.91 Å². The maximum Gasteiger partial charge on any atom is 0.272 e. The summed E-state index contributed by atoms with van der Waals surface area (Å²) < 4.78 is 5.67. The SMILES string of the molecule is O=C1C(=Cc2ccco2)SC(=S)N1c1ccccn1. The number of thiocarbonyl (C=S) groups is 1. The van der Waals surface area contributed by atoms with Crippen molar-refractivity contribution in [3.63, 3.8) is 0 Å². The molecule has 3 rings (SSSR count). The van der Waals surface area contributed by atoms with Crippen molar-refractivity contribution in [2.24, 2.45) is 0 Å². The standard InChI is InChI=1S/C13H8N2O2S2/c16-12-10(8-9-4-3-7-17-9)19-13(18)15(12)11-5-1-2-6-14-11/h1-8H. The van der Waals surface area contributed by atoms with Gasteiger partial charge in [-0.15, -0.1) is 0 Å². The van der Waals surface area contributed by atoms with Crippen molar-refractivity contribution in [2.75, 3.05) is 4.90 Å². The Morgan fingerprint density at radius 1 is 1.32 bits per heavy atom. The van der Waals surface area contributed by atoms with E-state index in [1.807, 2.05) is 6.07 Å². The summed E-state index contributed by atoms with van der Waals surface area (Å²) in [5.74, 6) is 0.986. The summed E-state index contributed by atoms with van der Waals surface area (Å²) in [4.78, 5) is 18.4. The minimum absolute atomic E-state index is 0.176. The Labute approximate surface area is 119 Å². The number of hydrogen-bond acceptors (Lipinski definition) is 5. The van der Waals surface area contributed by atoms with Gasteiger partial charge in [0.15, 0.2) is 4.32 Å². The highest BCUT2D eigenvalue weighted by atomic mass is 32.2. The van der Waals surface area contributed by atoms with Gasteiger partial charge in [-0.3, -0.25) is 4.79 Å². The Hall–Kier alpha value is -1.92. The Kier molecular flexibility index (Phi) is 3.18. The molecule has 0 aliphatic carbocycles. The number of amides is 1. The quantitative estimate of drug-likeness (QED) is 0.628. The molecule has 4 nitrogen and oxygen atoms in total. The summed E-state index contributed by atoms with van der Waals surface area (Å²) in [6.07, 6.45) is 4.87. The van der Waals surface area contributed by atoms with Gasteiger partial charge in [-0.25, -0.2) is 9.88 Å². The largest absolute Gasteiger partial charge is 0.465 e. The second-order valence-corrected chi connectivity index (χ2v) is 5.40. The van der Waals surface area contributed by atoms with Crippen molar-refractivity contribution < 1.29 is 9.21 Å². The van der Waals surface area contributed by atoms with Crippen molar-refractivity contribution in [3.8, 4) is 0 Å². The van der Waals surface area contributed by atoms with Gasteiger partial charge in [0.25, 0.3) is 5.91 Å². The highest BCUT2D eigenvalue weighted by Gasteiger charge is 2.34. The second-order valence-electron chi connectivity index (χ2n) is 3.72. The van der Waals surface area contributed by atoms with Crippen LogP contribution >= 0.6 is 24.0 Å². The van der Waals surface area contributed by atoms with Crippen LogP contribution in [0.5, 0.6) is 0 Å². The lowest BCUT2D eigenvalue weighted by Gasteiger charge is -2.12. The molecule has 1 fully saturated rings. The lowest BCUT2D eigenvalue weighted by Crippen LogP contribution is -2.28. The van der Waals surface area contributed by atoms with E-state index in [1.165, 1.54) is 16.7 Å². The molecular weight excluding hydrogens is 280 g/mol. The molecule has 1 aliphatic rings. The van der Waals surface area contributed by atoms with Gasteiger partial charge in [-0.1, -0.05) is 30.0 Å². The fourth-order valence-electron chi connectivity index (χ4n) is 1.65. The van der Waals surface area contributed by atoms with Gasteiger partial charge in [0, 0.05) is 12.3 Å². The number of anilines is 1. The Morgan fingerprint density at radius 3 is 2.89 bits per heavy atom. The number of carbonyl (C=O) groups is 1. The number of pyridine rings is 1. The highest BCUT2D eigenvalue weighted by Crippen LogP contribution is 2.34. The van der Waals surface area contributed by atoms with Crippen LogP contribution in [0.25, 0.3) is 6.08 Å². The average molecular weight is 288 g/mol. The minimum Gasteiger partial charge on any atom is -0.465 e. The zero-order valence-electron chi connectivity index (χ0n) is 9.65. The van der Waals surface area contributed by atoms with E-state index in [0.29, 0.717) is 20.8 Å². The molecule has 2 aromatic rings. The molecule has 0 atom stereocenters. The molecule has 1 saturated heterocycles. The molecule has 1 amide bonds. The van der Waals surface area contributed by atoms with Crippen LogP contribution in [0, 0.1) is 0 Å². The first-order chi connectivity index (χ1) is 9.25. The Bertz CT molecular complexity index is 651. The van der Waals surface area contributed by atoms with E-state index in [4.69, 9.17) is 16.6 Å². The minimum atomic E-state index is -0.176. The number of carbonyl (C=O) groups excluding carboxylic acids is 1. The van der Waals surface area contributed by atoms with Crippen LogP contribution in [-0.2, 0) is 4.79 Å². The average Bonchev–Trinajstić information content (AvgIpc) is 3.01. The smallest absolute Gasteiger partial charge is 0.272 e. The first kappa shape index (κ1) is 12.1. The Balaban J connectivity index is 1.94. The summed E-state index contributed by atoms with van der Waals surface area (Å²) in [5, 5.41) is 0. The number of hydrogen-bond donors (Lipinski definition) is 0. The van der Waals surface area contributed by atoms with Crippen LogP contribution in [-0.4, -0.2) is 15.2 Å². The van der Waals surface area contributed by atoms with Gasteiger partial charge < -0.3 is 4.42 Å². The van der Waals surface area contributed by atoms with Crippen LogP contribution in [0.3, 0.4) is 0 Å². The van der Waals surface area contributed by atoms with Gasteiger partial charge in [-0.2, -0.15) is 0 Å². The fraction of sp³-hybridized carbons (Fsp3) is 0. The zero-order chi connectivity index (χ0) is 13.2. The van der Waals surface area contributed by atoms with E-state index in [1.54, 1.807) is 42.8 Å². The van der Waals surface area contributed by atoms with Gasteiger partial charge in [0.05, 0.1) is 11.2 Å². The maximum absolute atomic E-state index is 12.3. The Morgan fingerprint density at radius 2 is 2.21 bits per heavy atom. The predicted molar refractivity (Wildman–Crippen MR) is 78.6 cm³/mol. The summed E-state index contributed by atoms with van der Waals surface area (Å²) in [6, 6.07) is 8.91. The predicted octanol–water partition coefficient (Wildman–Crippen LogP) is 3.08. The topological polar surface area (TPSA) is 46.3 Å². The third kappa shape index (κ3) is 2.32. The number of aromatic nitrogens is 1. The molecule has 0 N–H and O–H groups in total. The summed E-state index contributed by atoms with van der Waals surface area (Å²) in [5.41, 5.74) is 0. The molecule has 0 aromatic carbocycles. The molecule has 3 heterocycles. The molecule has 94 valence electrons. The molecule has 6 heteroatoms. The fourth-order valence-corrected chi connectivity index (χ4v) is 2.91. The van der Waals surface area contributed by atoms with Crippen molar-refractivity contribution in [3.05, 3.63) is 53.5 Å². The molecule has 0 unspecified atom stereocenters. The lowest BCUT2D eigenvalue weighted by molar-refractivity contribution is -0.113. The molecule has 0 radical (unpaired) electrons. The first-order valence-corrected chi connectivity index (χ1v) is 6.71. The summed E-state index contributed by atoms with van der Waals surface area (Å²) >= 11 is 6.47. The van der Waals surface area contributed by atoms with Crippen LogP contribution in [0.2, 0.25) is 0 Å². The van der Waals surface area contributed by atoms with Crippen LogP contribution in [0.15, 0.2) is 52.1 Å². The molecule has 2 aromatic heterocycles. The van der Waals surface area contributed by atoms with Crippen molar-refractivity contribution in [2.45, 2.75) is 0 Å². The number of thioether (sulfide) groups is 1. The van der Waals surface area contributed by atoms with Crippen molar-refractivity contribution >= 4 is 46.1 Å². The number of nitrogens with zero attached hydrogens (tertiary/aromatic N) is 2. The lowest BCUT2D eigenvalue weighted by atomic mass is 10.3. The second kappa shape index (κ2) is 4.99. The normalized spacial score (nSPS) is 17.5. The maximum atomic E-state index is 12.3. The van der Waals surface area contributed by atoms with Crippen molar-refractivity contribution in [1.29, 1.82) is 0 Å². The molecular formula is C13H8N2O2S2. The van der Waals surface area contributed by atoms with E-state index >= 15 is 0 Å². The van der Waals surface area contributed by atoms with E-state index < -0.39 is 0 Å². The highest BCUT2D eigenvalue weighted by molar-refractivity contribution is 8.27. The van der Waals surface area contributed by atoms with Gasteiger partial charge in [0.1, 0.15) is 11.6 Å². The zero-order valence-corrected chi connectivity index (χ0v) is 11.3. The van der Waals surface area contributed by atoms with Crippen LogP contribution in [0.4, 0.5) is 5.82 Å². The third-order valence-corrected chi connectivity index (χ3v) is 3.79. The molecule has 0 saturated carbocycles. The van der Waals surface area contributed by atoms with E-state index in [0.717, 1.165) is 0 Å². The molecule has 0 spiro atoms. The van der Waals surface area contributed by atoms with Crippen LogP contribution < -0.4 is 4.90 Å². The molecule has 0 bridgehead atoms. The number of rotatable bonds is 2. The van der Waals surface area contributed by atoms with Gasteiger partial charge in [-0.05, 0) is 24.3 Å².